The molecule has 0 spiro atoms. The SMILES string of the molecule is CCC(C)(CCO)NCc1cccc(COC)c1. The molecule has 18 heavy (non-hydrogen) atoms. The minimum atomic E-state index is 0.00596. The van der Waals surface area contributed by atoms with E-state index in [0.717, 1.165) is 19.4 Å². The summed E-state index contributed by atoms with van der Waals surface area (Å²) in [6.07, 6.45) is 1.78. The Balaban J connectivity index is 2.59. The molecule has 1 rings (SSSR count). The third-order valence-electron chi connectivity index (χ3n) is 3.47. The summed E-state index contributed by atoms with van der Waals surface area (Å²) in [7, 11) is 1.71. The summed E-state index contributed by atoms with van der Waals surface area (Å²) in [5.41, 5.74) is 2.45. The predicted molar refractivity (Wildman–Crippen MR) is 74.4 cm³/mol. The third-order valence-corrected chi connectivity index (χ3v) is 3.47. The van der Waals surface area contributed by atoms with E-state index in [0.29, 0.717) is 6.61 Å². The van der Waals surface area contributed by atoms with Gasteiger partial charge in [-0.15, -0.1) is 0 Å². The van der Waals surface area contributed by atoms with E-state index in [1.807, 2.05) is 0 Å². The van der Waals surface area contributed by atoms with E-state index in [-0.39, 0.29) is 12.1 Å². The van der Waals surface area contributed by atoms with Crippen LogP contribution in [0.4, 0.5) is 0 Å². The fourth-order valence-corrected chi connectivity index (χ4v) is 1.95. The molecule has 1 atom stereocenters. The number of methoxy groups -OCH3 is 1. The summed E-state index contributed by atoms with van der Waals surface area (Å²) in [5.74, 6) is 0. The molecule has 0 bridgehead atoms. The topological polar surface area (TPSA) is 41.5 Å². The van der Waals surface area contributed by atoms with Gasteiger partial charge < -0.3 is 15.2 Å². The van der Waals surface area contributed by atoms with Gasteiger partial charge in [0.15, 0.2) is 0 Å². The highest BCUT2D eigenvalue weighted by Gasteiger charge is 2.20. The molecule has 0 aliphatic carbocycles. The van der Waals surface area contributed by atoms with Crippen LogP contribution in [0.25, 0.3) is 0 Å². The maximum atomic E-state index is 9.09. The highest BCUT2D eigenvalue weighted by molar-refractivity contribution is 5.23. The van der Waals surface area contributed by atoms with Crippen molar-refractivity contribution in [2.75, 3.05) is 13.7 Å². The number of benzene rings is 1. The minimum absolute atomic E-state index is 0.00596. The third kappa shape index (κ3) is 4.77. The maximum absolute atomic E-state index is 9.09. The van der Waals surface area contributed by atoms with Crippen molar-refractivity contribution in [1.29, 1.82) is 0 Å². The van der Waals surface area contributed by atoms with Gasteiger partial charge in [-0.1, -0.05) is 31.2 Å². The molecule has 0 saturated heterocycles. The van der Waals surface area contributed by atoms with E-state index in [1.54, 1.807) is 7.11 Å². The maximum Gasteiger partial charge on any atom is 0.0713 e. The number of aliphatic hydroxyl groups is 1. The lowest BCUT2D eigenvalue weighted by molar-refractivity contribution is 0.184. The molecule has 2 N–H and O–H groups in total. The second kappa shape index (κ2) is 7.52. The minimum Gasteiger partial charge on any atom is -0.396 e. The van der Waals surface area contributed by atoms with Crippen LogP contribution in [0.2, 0.25) is 0 Å². The lowest BCUT2D eigenvalue weighted by atomic mass is 9.94. The molecule has 0 aromatic heterocycles. The van der Waals surface area contributed by atoms with Crippen LogP contribution in [0.3, 0.4) is 0 Å². The molecule has 102 valence electrons. The molecule has 1 unspecified atom stereocenters. The first-order valence-electron chi connectivity index (χ1n) is 6.56. The van der Waals surface area contributed by atoms with Gasteiger partial charge in [0.25, 0.3) is 0 Å². The van der Waals surface area contributed by atoms with E-state index in [4.69, 9.17) is 9.84 Å². The van der Waals surface area contributed by atoms with Crippen molar-refractivity contribution in [3.63, 3.8) is 0 Å². The van der Waals surface area contributed by atoms with Crippen LogP contribution in [-0.4, -0.2) is 24.4 Å². The summed E-state index contributed by atoms with van der Waals surface area (Å²) in [5, 5.41) is 12.6. The largest absolute Gasteiger partial charge is 0.396 e. The van der Waals surface area contributed by atoms with Crippen LogP contribution < -0.4 is 5.32 Å². The van der Waals surface area contributed by atoms with Crippen LogP contribution in [0.15, 0.2) is 24.3 Å². The summed E-state index contributed by atoms with van der Waals surface area (Å²) in [6.45, 7) is 5.99. The number of aliphatic hydroxyl groups excluding tert-OH is 1. The zero-order valence-corrected chi connectivity index (χ0v) is 11.7. The predicted octanol–water partition coefficient (Wildman–Crippen LogP) is 2.47. The Hall–Kier alpha value is -0.900. The van der Waals surface area contributed by atoms with E-state index >= 15 is 0 Å². The fourth-order valence-electron chi connectivity index (χ4n) is 1.95. The molecular formula is C15H25NO2. The molecule has 0 radical (unpaired) electrons. The van der Waals surface area contributed by atoms with E-state index < -0.39 is 0 Å². The standard InChI is InChI=1S/C15H25NO2/c1-4-15(2,8-9-17)16-11-13-6-5-7-14(10-13)12-18-3/h5-7,10,16-17H,4,8-9,11-12H2,1-3H3. The molecule has 0 amide bonds. The zero-order chi connectivity index (χ0) is 13.4. The van der Waals surface area contributed by atoms with Gasteiger partial charge in [-0.05, 0) is 30.9 Å². The molecular weight excluding hydrogens is 226 g/mol. The quantitative estimate of drug-likeness (QED) is 0.746. The monoisotopic (exact) mass is 251 g/mol. The Morgan fingerprint density at radius 2 is 2.06 bits per heavy atom. The average molecular weight is 251 g/mol. The molecule has 3 heteroatoms. The van der Waals surface area contributed by atoms with Crippen molar-refractivity contribution in [3.8, 4) is 0 Å². The van der Waals surface area contributed by atoms with Crippen LogP contribution in [0.1, 0.15) is 37.8 Å². The molecule has 0 heterocycles. The number of hydrogen-bond acceptors (Lipinski definition) is 3. The van der Waals surface area contributed by atoms with Crippen molar-refractivity contribution in [3.05, 3.63) is 35.4 Å². The number of rotatable bonds is 8. The molecule has 1 aromatic rings. The molecule has 0 aliphatic rings. The van der Waals surface area contributed by atoms with E-state index in [9.17, 15) is 0 Å². The van der Waals surface area contributed by atoms with E-state index in [1.165, 1.54) is 11.1 Å². The van der Waals surface area contributed by atoms with Crippen molar-refractivity contribution in [2.24, 2.45) is 0 Å². The van der Waals surface area contributed by atoms with Crippen LogP contribution in [-0.2, 0) is 17.9 Å². The highest BCUT2D eigenvalue weighted by atomic mass is 16.5. The second-order valence-corrected chi connectivity index (χ2v) is 4.99. The van der Waals surface area contributed by atoms with Crippen LogP contribution in [0.5, 0.6) is 0 Å². The van der Waals surface area contributed by atoms with Gasteiger partial charge in [-0.25, -0.2) is 0 Å². The first-order valence-corrected chi connectivity index (χ1v) is 6.56. The molecule has 0 fully saturated rings. The number of nitrogens with one attached hydrogen (secondary N) is 1. The van der Waals surface area contributed by atoms with Gasteiger partial charge in [0, 0.05) is 25.8 Å². The number of ether oxygens (including phenoxy) is 1. The molecule has 1 aromatic carbocycles. The molecule has 3 nitrogen and oxygen atoms in total. The Morgan fingerprint density at radius 1 is 1.33 bits per heavy atom. The van der Waals surface area contributed by atoms with Crippen molar-refractivity contribution in [2.45, 2.75) is 45.4 Å². The average Bonchev–Trinajstić information content (AvgIpc) is 2.38. The first kappa shape index (κ1) is 15.2. The van der Waals surface area contributed by atoms with E-state index in [2.05, 4.69) is 43.4 Å². The van der Waals surface area contributed by atoms with Gasteiger partial charge in [-0.3, -0.25) is 0 Å². The lowest BCUT2D eigenvalue weighted by Crippen LogP contribution is -2.42. The summed E-state index contributed by atoms with van der Waals surface area (Å²) >= 11 is 0. The van der Waals surface area contributed by atoms with Gasteiger partial charge >= 0.3 is 0 Å². The normalized spacial score (nSPS) is 14.4. The van der Waals surface area contributed by atoms with Crippen LogP contribution >= 0.6 is 0 Å². The van der Waals surface area contributed by atoms with Gasteiger partial charge in [-0.2, -0.15) is 0 Å². The summed E-state index contributed by atoms with van der Waals surface area (Å²) in [4.78, 5) is 0. The fraction of sp³-hybridized carbons (Fsp3) is 0.600. The van der Waals surface area contributed by atoms with Crippen molar-refractivity contribution in [1.82, 2.24) is 5.32 Å². The zero-order valence-electron chi connectivity index (χ0n) is 11.7. The van der Waals surface area contributed by atoms with Crippen molar-refractivity contribution >= 4 is 0 Å². The Morgan fingerprint density at radius 3 is 2.67 bits per heavy atom. The Bertz CT molecular complexity index is 354. The van der Waals surface area contributed by atoms with Crippen LogP contribution in [0, 0.1) is 0 Å². The van der Waals surface area contributed by atoms with Gasteiger partial charge in [0.05, 0.1) is 6.61 Å². The molecule has 0 aliphatic heterocycles. The number of hydrogen-bond donors (Lipinski definition) is 2. The second-order valence-electron chi connectivity index (χ2n) is 4.99. The first-order chi connectivity index (χ1) is 8.63. The van der Waals surface area contributed by atoms with Gasteiger partial charge in [0.2, 0.25) is 0 Å². The Labute approximate surface area is 110 Å². The van der Waals surface area contributed by atoms with Gasteiger partial charge in [0.1, 0.15) is 0 Å². The lowest BCUT2D eigenvalue weighted by Gasteiger charge is -2.29. The smallest absolute Gasteiger partial charge is 0.0713 e. The molecule has 0 saturated carbocycles. The summed E-state index contributed by atoms with van der Waals surface area (Å²) < 4.78 is 5.13. The summed E-state index contributed by atoms with van der Waals surface area (Å²) in [6, 6.07) is 8.40. The van der Waals surface area contributed by atoms with Crippen molar-refractivity contribution < 1.29 is 9.84 Å². The Kier molecular flexibility index (Phi) is 6.33. The highest BCUT2D eigenvalue weighted by Crippen LogP contribution is 2.15.